The van der Waals surface area contributed by atoms with Gasteiger partial charge in [0.2, 0.25) is 0 Å². The van der Waals surface area contributed by atoms with Crippen LogP contribution in [0.15, 0.2) is 40.5 Å². The Morgan fingerprint density at radius 3 is 2.50 bits per heavy atom. The molecule has 84 valence electrons. The Labute approximate surface area is 101 Å². The molecule has 0 fully saturated rings. The van der Waals surface area contributed by atoms with Gasteiger partial charge in [-0.05, 0) is 0 Å². The summed E-state index contributed by atoms with van der Waals surface area (Å²) in [6.07, 6.45) is 3.62. The van der Waals surface area contributed by atoms with E-state index in [1.54, 1.807) is 0 Å². The van der Waals surface area contributed by atoms with E-state index in [0.29, 0.717) is 12.1 Å². The summed E-state index contributed by atoms with van der Waals surface area (Å²) in [4.78, 5) is 10.7. The maximum atomic E-state index is 10.9. The van der Waals surface area contributed by atoms with Crippen molar-refractivity contribution in [3.05, 3.63) is 50.6 Å². The summed E-state index contributed by atoms with van der Waals surface area (Å²) in [6, 6.07) is 10.1. The molecule has 0 atom stereocenters. The van der Waals surface area contributed by atoms with E-state index in [1.165, 1.54) is 4.46 Å². The van der Waals surface area contributed by atoms with Gasteiger partial charge in [0.15, 0.2) is 0 Å². The van der Waals surface area contributed by atoms with E-state index < -0.39 is 0 Å². The second kappa shape index (κ2) is 5.28. The van der Waals surface area contributed by atoms with Crippen molar-refractivity contribution < 1.29 is 4.92 Å². The van der Waals surface area contributed by atoms with Gasteiger partial charge < -0.3 is 0 Å². The van der Waals surface area contributed by atoms with Gasteiger partial charge in [-0.3, -0.25) is 0 Å². The SMILES string of the molecule is O=[N+]([O-])C1=C([Se]c2ccccc2)CCCC1. The molecule has 16 heavy (non-hydrogen) atoms. The van der Waals surface area contributed by atoms with Crippen molar-refractivity contribution >= 4 is 19.4 Å². The summed E-state index contributed by atoms with van der Waals surface area (Å²) in [5.41, 5.74) is 0.482. The normalized spacial score (nSPS) is 16.2. The van der Waals surface area contributed by atoms with Gasteiger partial charge in [-0.2, -0.15) is 0 Å². The van der Waals surface area contributed by atoms with Crippen molar-refractivity contribution in [3.8, 4) is 0 Å². The van der Waals surface area contributed by atoms with Gasteiger partial charge in [0, 0.05) is 0 Å². The standard InChI is InChI=1S/C12H13NO2Se/c14-13(15)11-8-4-5-9-12(11)16-10-6-2-1-3-7-10/h1-3,6-7H,4-5,8-9H2. The first-order chi connectivity index (χ1) is 7.77. The Kier molecular flexibility index (Phi) is 3.75. The van der Waals surface area contributed by atoms with Gasteiger partial charge in [-0.25, -0.2) is 0 Å². The van der Waals surface area contributed by atoms with E-state index in [2.05, 4.69) is 12.1 Å². The van der Waals surface area contributed by atoms with Gasteiger partial charge in [-0.1, -0.05) is 0 Å². The molecule has 4 heteroatoms. The molecule has 0 N–H and O–H groups in total. The number of hydrogen-bond acceptors (Lipinski definition) is 2. The molecule has 0 aromatic heterocycles. The second-order valence-electron chi connectivity index (χ2n) is 3.75. The molecule has 2 rings (SSSR count). The Morgan fingerprint density at radius 2 is 1.81 bits per heavy atom. The van der Waals surface area contributed by atoms with E-state index in [0.717, 1.165) is 23.7 Å². The van der Waals surface area contributed by atoms with Crippen molar-refractivity contribution in [2.24, 2.45) is 0 Å². The molecule has 0 spiro atoms. The van der Waals surface area contributed by atoms with Crippen LogP contribution in [0.5, 0.6) is 0 Å². The van der Waals surface area contributed by atoms with Crippen LogP contribution in [0.2, 0.25) is 0 Å². The molecule has 0 amide bonds. The fourth-order valence-electron chi connectivity index (χ4n) is 1.80. The number of nitro groups is 1. The summed E-state index contributed by atoms with van der Waals surface area (Å²) in [6.45, 7) is 0. The summed E-state index contributed by atoms with van der Waals surface area (Å²) < 4.78 is 2.31. The number of benzene rings is 1. The van der Waals surface area contributed by atoms with Gasteiger partial charge in [-0.15, -0.1) is 0 Å². The molecule has 0 radical (unpaired) electrons. The molecule has 1 aromatic rings. The fourth-order valence-corrected chi connectivity index (χ4v) is 4.14. The summed E-state index contributed by atoms with van der Waals surface area (Å²) in [5.74, 6) is 0. The zero-order valence-electron chi connectivity index (χ0n) is 8.89. The molecule has 0 saturated heterocycles. The molecule has 0 heterocycles. The molecule has 0 unspecified atom stereocenters. The van der Waals surface area contributed by atoms with Crippen LogP contribution < -0.4 is 4.46 Å². The topological polar surface area (TPSA) is 43.1 Å². The first-order valence-corrected chi connectivity index (χ1v) is 7.08. The predicted molar refractivity (Wildman–Crippen MR) is 64.3 cm³/mol. The van der Waals surface area contributed by atoms with Crippen LogP contribution in [0.25, 0.3) is 0 Å². The number of hydrogen-bond donors (Lipinski definition) is 0. The van der Waals surface area contributed by atoms with E-state index in [-0.39, 0.29) is 19.9 Å². The monoisotopic (exact) mass is 283 g/mol. The van der Waals surface area contributed by atoms with Crippen LogP contribution in [-0.4, -0.2) is 19.9 Å². The average Bonchev–Trinajstić information content (AvgIpc) is 2.31. The van der Waals surface area contributed by atoms with Gasteiger partial charge >= 0.3 is 101 Å². The molecule has 1 aliphatic rings. The predicted octanol–water partition coefficient (Wildman–Crippen LogP) is 2.08. The van der Waals surface area contributed by atoms with Crippen molar-refractivity contribution in [2.45, 2.75) is 25.7 Å². The Morgan fingerprint density at radius 1 is 1.12 bits per heavy atom. The molecule has 1 aromatic carbocycles. The summed E-state index contributed by atoms with van der Waals surface area (Å²) in [7, 11) is 0. The third-order valence-corrected chi connectivity index (χ3v) is 5.10. The zero-order valence-corrected chi connectivity index (χ0v) is 10.6. The number of allylic oxidation sites excluding steroid dienone is 2. The van der Waals surface area contributed by atoms with Gasteiger partial charge in [0.05, 0.1) is 0 Å². The van der Waals surface area contributed by atoms with Crippen LogP contribution >= 0.6 is 0 Å². The van der Waals surface area contributed by atoms with E-state index in [9.17, 15) is 10.1 Å². The molecule has 3 nitrogen and oxygen atoms in total. The van der Waals surface area contributed by atoms with Crippen LogP contribution in [0.4, 0.5) is 0 Å². The number of rotatable bonds is 3. The fraction of sp³-hybridized carbons (Fsp3) is 0.333. The van der Waals surface area contributed by atoms with Crippen molar-refractivity contribution in [3.63, 3.8) is 0 Å². The minimum absolute atomic E-state index is 0.129. The van der Waals surface area contributed by atoms with Crippen molar-refractivity contribution in [1.82, 2.24) is 0 Å². The van der Waals surface area contributed by atoms with Crippen LogP contribution in [-0.2, 0) is 0 Å². The van der Waals surface area contributed by atoms with E-state index >= 15 is 0 Å². The van der Waals surface area contributed by atoms with E-state index in [4.69, 9.17) is 0 Å². The Hall–Kier alpha value is -1.12. The first kappa shape index (κ1) is 11.4. The zero-order chi connectivity index (χ0) is 11.4. The molecule has 0 aliphatic heterocycles. The molecular formula is C12H13NO2Se. The minimum atomic E-state index is -0.181. The molecule has 0 saturated carbocycles. The quantitative estimate of drug-likeness (QED) is 0.484. The molecule has 0 bridgehead atoms. The van der Waals surface area contributed by atoms with Crippen LogP contribution in [0.1, 0.15) is 25.7 Å². The van der Waals surface area contributed by atoms with E-state index in [1.807, 2.05) is 18.2 Å². The maximum absolute atomic E-state index is 10.9. The van der Waals surface area contributed by atoms with Crippen LogP contribution in [0.3, 0.4) is 0 Å². The summed E-state index contributed by atoms with van der Waals surface area (Å²) >= 11 is 0.129. The van der Waals surface area contributed by atoms with Crippen molar-refractivity contribution in [1.29, 1.82) is 0 Å². The Balaban J connectivity index is 2.21. The Bertz CT molecular complexity index is 414. The van der Waals surface area contributed by atoms with Crippen LogP contribution in [0, 0.1) is 10.1 Å². The third-order valence-electron chi connectivity index (χ3n) is 2.59. The summed E-state index contributed by atoms with van der Waals surface area (Å²) in [5, 5.41) is 10.9. The molecule has 1 aliphatic carbocycles. The van der Waals surface area contributed by atoms with Gasteiger partial charge in [0.1, 0.15) is 0 Å². The average molecular weight is 282 g/mol. The molecular weight excluding hydrogens is 269 g/mol. The second-order valence-corrected chi connectivity index (χ2v) is 6.20. The van der Waals surface area contributed by atoms with Crippen molar-refractivity contribution in [2.75, 3.05) is 0 Å². The third kappa shape index (κ3) is 2.71. The number of nitrogens with zero attached hydrogens (tertiary/aromatic N) is 1. The first-order valence-electron chi connectivity index (χ1n) is 5.36. The van der Waals surface area contributed by atoms with Gasteiger partial charge in [0.25, 0.3) is 0 Å².